The summed E-state index contributed by atoms with van der Waals surface area (Å²) in [5, 5.41) is 14.6. The molecule has 5 nitrogen and oxygen atoms in total. The molecule has 1 aromatic heterocycles. The third-order valence-electron chi connectivity index (χ3n) is 4.87. The highest BCUT2D eigenvalue weighted by Gasteiger charge is 2.29. The molecule has 2 atom stereocenters. The fraction of sp³-hybridized carbons (Fsp3) is 0.400. The summed E-state index contributed by atoms with van der Waals surface area (Å²) in [6, 6.07) is 10.3. The molecule has 1 aromatic carbocycles. The van der Waals surface area contributed by atoms with Gasteiger partial charge in [0.2, 0.25) is 5.91 Å². The lowest BCUT2D eigenvalue weighted by atomic mass is 9.87. The van der Waals surface area contributed by atoms with E-state index in [4.69, 9.17) is 0 Å². The molecule has 5 heteroatoms. The Morgan fingerprint density at radius 3 is 2.92 bits per heavy atom. The number of aliphatic hydroxyl groups is 1. The van der Waals surface area contributed by atoms with Gasteiger partial charge in [-0.05, 0) is 43.4 Å². The summed E-state index contributed by atoms with van der Waals surface area (Å²) < 4.78 is 1.71. The van der Waals surface area contributed by atoms with Crippen LogP contribution in [0.2, 0.25) is 0 Å². The fourth-order valence-corrected chi connectivity index (χ4v) is 3.37. The number of hydrogen-bond acceptors (Lipinski definition) is 3. The molecular weight excluding hydrogens is 314 g/mol. The zero-order chi connectivity index (χ0) is 17.8. The minimum absolute atomic E-state index is 0.0609. The number of hydrogen-bond donors (Lipinski definition) is 1. The standard InChI is InChI=1S/C20H25N3O2/c1-15-4-3-5-16(12-15)13-17-9-11-23(14-19(17)24)20(25)7-6-18-8-10-21-22(18)2/h3-8,10,12,17,19,24H,9,11,13-14H2,1-2H3/b7-6+/t17-,19+/m1/s1. The number of aliphatic hydroxyl groups excluding tert-OH is 1. The largest absolute Gasteiger partial charge is 0.391 e. The van der Waals surface area contributed by atoms with Crippen LogP contribution < -0.4 is 0 Å². The minimum Gasteiger partial charge on any atom is -0.391 e. The predicted octanol–water partition coefficient (Wildman–Crippen LogP) is 2.19. The lowest BCUT2D eigenvalue weighted by molar-refractivity contribution is -0.130. The van der Waals surface area contributed by atoms with Crippen LogP contribution in [0.4, 0.5) is 0 Å². The van der Waals surface area contributed by atoms with Gasteiger partial charge in [0, 0.05) is 32.4 Å². The van der Waals surface area contributed by atoms with Crippen LogP contribution >= 0.6 is 0 Å². The fourth-order valence-electron chi connectivity index (χ4n) is 3.37. The van der Waals surface area contributed by atoms with E-state index in [1.165, 1.54) is 11.1 Å². The molecule has 0 radical (unpaired) electrons. The number of β-amino-alcohol motifs (C(OH)–C–C–N with tert-alkyl or cyclic N) is 1. The zero-order valence-corrected chi connectivity index (χ0v) is 14.8. The van der Waals surface area contributed by atoms with E-state index in [1.54, 1.807) is 27.9 Å². The number of nitrogens with zero attached hydrogens (tertiary/aromatic N) is 3. The van der Waals surface area contributed by atoms with E-state index < -0.39 is 6.10 Å². The SMILES string of the molecule is Cc1cccc(C[C@H]2CCN(C(=O)/C=C/c3ccnn3C)C[C@@H]2O)c1. The highest BCUT2D eigenvalue weighted by molar-refractivity contribution is 5.91. The van der Waals surface area contributed by atoms with Gasteiger partial charge in [0.1, 0.15) is 0 Å². The summed E-state index contributed by atoms with van der Waals surface area (Å²) in [6.45, 7) is 3.16. The Hall–Kier alpha value is -2.40. The summed E-state index contributed by atoms with van der Waals surface area (Å²) in [4.78, 5) is 14.1. The van der Waals surface area contributed by atoms with E-state index >= 15 is 0 Å². The highest BCUT2D eigenvalue weighted by Crippen LogP contribution is 2.23. The van der Waals surface area contributed by atoms with Crippen molar-refractivity contribution in [2.75, 3.05) is 13.1 Å². The molecule has 132 valence electrons. The van der Waals surface area contributed by atoms with Crippen molar-refractivity contribution in [2.45, 2.75) is 25.9 Å². The number of benzene rings is 1. The van der Waals surface area contributed by atoms with E-state index in [0.717, 1.165) is 18.5 Å². The maximum absolute atomic E-state index is 12.4. The van der Waals surface area contributed by atoms with Gasteiger partial charge >= 0.3 is 0 Å². The molecule has 3 rings (SSSR count). The third kappa shape index (κ3) is 4.37. The molecule has 2 heterocycles. The summed E-state index contributed by atoms with van der Waals surface area (Å²) >= 11 is 0. The first-order valence-corrected chi connectivity index (χ1v) is 8.71. The second-order valence-electron chi connectivity index (χ2n) is 6.81. The number of carbonyl (C=O) groups excluding carboxylic acids is 1. The average Bonchev–Trinajstić information content (AvgIpc) is 2.99. The van der Waals surface area contributed by atoms with Crippen molar-refractivity contribution in [3.8, 4) is 0 Å². The van der Waals surface area contributed by atoms with Gasteiger partial charge in [0.05, 0.1) is 11.8 Å². The van der Waals surface area contributed by atoms with Gasteiger partial charge in [-0.15, -0.1) is 0 Å². The number of likely N-dealkylation sites (tertiary alicyclic amines) is 1. The molecule has 1 aliphatic rings. The van der Waals surface area contributed by atoms with Crippen LogP contribution in [0.3, 0.4) is 0 Å². The number of carbonyl (C=O) groups is 1. The first-order chi connectivity index (χ1) is 12.0. The maximum Gasteiger partial charge on any atom is 0.246 e. The molecule has 0 unspecified atom stereocenters. The maximum atomic E-state index is 12.4. The summed E-state index contributed by atoms with van der Waals surface area (Å²) in [5.74, 6) is 0.140. The topological polar surface area (TPSA) is 58.4 Å². The van der Waals surface area contributed by atoms with Gasteiger partial charge < -0.3 is 10.0 Å². The zero-order valence-electron chi connectivity index (χ0n) is 14.8. The van der Waals surface area contributed by atoms with Gasteiger partial charge in [-0.25, -0.2) is 0 Å². The van der Waals surface area contributed by atoms with E-state index in [0.29, 0.717) is 13.1 Å². The Balaban J connectivity index is 1.56. The van der Waals surface area contributed by atoms with Crippen molar-refractivity contribution >= 4 is 12.0 Å². The van der Waals surface area contributed by atoms with Gasteiger partial charge in [0.15, 0.2) is 0 Å². The van der Waals surface area contributed by atoms with Crippen LogP contribution in [0.1, 0.15) is 23.2 Å². The number of aromatic nitrogens is 2. The molecule has 0 bridgehead atoms. The van der Waals surface area contributed by atoms with Gasteiger partial charge in [-0.1, -0.05) is 29.8 Å². The second-order valence-corrected chi connectivity index (χ2v) is 6.81. The molecule has 1 saturated heterocycles. The number of aryl methyl sites for hydroxylation is 2. The van der Waals surface area contributed by atoms with Gasteiger partial charge in [0.25, 0.3) is 0 Å². The molecule has 0 aliphatic carbocycles. The summed E-state index contributed by atoms with van der Waals surface area (Å²) in [7, 11) is 1.84. The molecule has 0 spiro atoms. The van der Waals surface area contributed by atoms with Crippen LogP contribution in [0.15, 0.2) is 42.6 Å². The molecule has 1 fully saturated rings. The first kappa shape index (κ1) is 17.4. The van der Waals surface area contributed by atoms with Crippen LogP contribution in [0.5, 0.6) is 0 Å². The smallest absolute Gasteiger partial charge is 0.246 e. The van der Waals surface area contributed by atoms with E-state index in [9.17, 15) is 9.90 Å². The molecule has 1 aliphatic heterocycles. The Bertz CT molecular complexity index is 766. The minimum atomic E-state index is -0.483. The van der Waals surface area contributed by atoms with E-state index in [2.05, 4.69) is 36.3 Å². The van der Waals surface area contributed by atoms with Crippen LogP contribution in [0.25, 0.3) is 6.08 Å². The van der Waals surface area contributed by atoms with Gasteiger partial charge in [-0.3, -0.25) is 9.48 Å². The normalized spacial score (nSPS) is 21.0. The van der Waals surface area contributed by atoms with Crippen molar-refractivity contribution in [1.82, 2.24) is 14.7 Å². The molecule has 0 saturated carbocycles. The monoisotopic (exact) mass is 339 g/mol. The van der Waals surface area contributed by atoms with Crippen LogP contribution in [0, 0.1) is 12.8 Å². The molecule has 25 heavy (non-hydrogen) atoms. The van der Waals surface area contributed by atoms with Crippen molar-refractivity contribution in [3.63, 3.8) is 0 Å². The summed E-state index contributed by atoms with van der Waals surface area (Å²) in [6.07, 6.45) is 6.22. The van der Waals surface area contributed by atoms with Crippen LogP contribution in [-0.4, -0.2) is 44.9 Å². The number of amides is 1. The van der Waals surface area contributed by atoms with E-state index in [-0.39, 0.29) is 11.8 Å². The lowest BCUT2D eigenvalue weighted by Gasteiger charge is -2.35. The van der Waals surface area contributed by atoms with Crippen molar-refractivity contribution in [2.24, 2.45) is 13.0 Å². The number of piperidine rings is 1. The Labute approximate surface area is 148 Å². The Morgan fingerprint density at radius 2 is 2.24 bits per heavy atom. The highest BCUT2D eigenvalue weighted by atomic mass is 16.3. The molecule has 2 aromatic rings. The molecule has 1 amide bonds. The Kier molecular flexibility index (Phi) is 5.34. The van der Waals surface area contributed by atoms with E-state index in [1.807, 2.05) is 13.1 Å². The van der Waals surface area contributed by atoms with Crippen molar-refractivity contribution < 1.29 is 9.90 Å². The first-order valence-electron chi connectivity index (χ1n) is 8.71. The average molecular weight is 339 g/mol. The van der Waals surface area contributed by atoms with Gasteiger partial charge in [-0.2, -0.15) is 5.10 Å². The lowest BCUT2D eigenvalue weighted by Crippen LogP contribution is -2.46. The van der Waals surface area contributed by atoms with Crippen molar-refractivity contribution in [1.29, 1.82) is 0 Å². The predicted molar refractivity (Wildman–Crippen MR) is 97.8 cm³/mol. The quantitative estimate of drug-likeness (QED) is 0.869. The summed E-state index contributed by atoms with van der Waals surface area (Å²) in [5.41, 5.74) is 3.36. The molecular formula is C20H25N3O2. The molecule has 1 N–H and O–H groups in total. The Morgan fingerprint density at radius 1 is 1.40 bits per heavy atom. The van der Waals surface area contributed by atoms with Crippen molar-refractivity contribution in [3.05, 3.63) is 59.4 Å². The van der Waals surface area contributed by atoms with Crippen LogP contribution in [-0.2, 0) is 18.3 Å². The third-order valence-corrected chi connectivity index (χ3v) is 4.87. The number of rotatable bonds is 4. The second kappa shape index (κ2) is 7.66.